The van der Waals surface area contributed by atoms with Crippen LogP contribution < -0.4 is 4.74 Å². The van der Waals surface area contributed by atoms with E-state index in [1.54, 1.807) is 7.11 Å². The smallest absolute Gasteiger partial charge is 0.307 e. The van der Waals surface area contributed by atoms with Crippen molar-refractivity contribution in [2.24, 2.45) is 5.92 Å². The van der Waals surface area contributed by atoms with E-state index in [0.717, 1.165) is 30.6 Å². The van der Waals surface area contributed by atoms with Crippen molar-refractivity contribution in [3.8, 4) is 5.75 Å². The zero-order valence-corrected chi connectivity index (χ0v) is 12.1. The first-order chi connectivity index (χ1) is 10.2. The second-order valence-corrected chi connectivity index (χ2v) is 5.56. The Labute approximate surface area is 123 Å². The molecule has 1 saturated heterocycles. The molecule has 4 heteroatoms. The monoisotopic (exact) mass is 285 g/mol. The Morgan fingerprint density at radius 1 is 1.38 bits per heavy atom. The topological polar surface area (TPSA) is 49.8 Å². The minimum absolute atomic E-state index is 0.222. The molecule has 1 fully saturated rings. The number of likely N-dealkylation sites (tertiary alicyclic amines) is 1. The van der Waals surface area contributed by atoms with Crippen LogP contribution in [0.15, 0.2) is 36.4 Å². The highest BCUT2D eigenvalue weighted by Crippen LogP contribution is 2.26. The van der Waals surface area contributed by atoms with E-state index >= 15 is 0 Å². The van der Waals surface area contributed by atoms with Crippen LogP contribution in [0.5, 0.6) is 5.75 Å². The molecule has 0 amide bonds. The van der Waals surface area contributed by atoms with Crippen LogP contribution in [-0.2, 0) is 11.3 Å². The molecule has 1 atom stereocenters. The quantitative estimate of drug-likeness (QED) is 0.938. The molecule has 0 aliphatic carbocycles. The van der Waals surface area contributed by atoms with Crippen molar-refractivity contribution in [2.75, 3.05) is 20.2 Å². The Bertz CT molecular complexity index is 668. The fourth-order valence-electron chi connectivity index (χ4n) is 3.01. The normalized spacial score (nSPS) is 19.0. The molecule has 3 rings (SSSR count). The number of aliphatic carboxylic acids is 1. The Morgan fingerprint density at radius 2 is 2.24 bits per heavy atom. The molecule has 1 aliphatic heterocycles. The van der Waals surface area contributed by atoms with Gasteiger partial charge in [0.15, 0.2) is 0 Å². The van der Waals surface area contributed by atoms with Gasteiger partial charge in [0.05, 0.1) is 13.0 Å². The summed E-state index contributed by atoms with van der Waals surface area (Å²) < 4.78 is 5.26. The Hall–Kier alpha value is -2.07. The van der Waals surface area contributed by atoms with Gasteiger partial charge >= 0.3 is 5.97 Å². The number of fused-ring (bicyclic) bond motifs is 1. The van der Waals surface area contributed by atoms with Gasteiger partial charge in [-0.15, -0.1) is 0 Å². The first-order valence-corrected chi connectivity index (χ1v) is 7.18. The lowest BCUT2D eigenvalue weighted by molar-refractivity contribution is -0.141. The maximum absolute atomic E-state index is 11.0. The molecule has 2 aromatic carbocycles. The second kappa shape index (κ2) is 5.74. The maximum atomic E-state index is 11.0. The highest BCUT2D eigenvalue weighted by atomic mass is 16.5. The summed E-state index contributed by atoms with van der Waals surface area (Å²) in [7, 11) is 1.67. The molecular weight excluding hydrogens is 266 g/mol. The van der Waals surface area contributed by atoms with Crippen molar-refractivity contribution in [2.45, 2.75) is 13.0 Å². The molecule has 21 heavy (non-hydrogen) atoms. The zero-order chi connectivity index (χ0) is 14.8. The Balaban J connectivity index is 1.83. The van der Waals surface area contributed by atoms with Crippen molar-refractivity contribution in [3.05, 3.63) is 42.0 Å². The van der Waals surface area contributed by atoms with Gasteiger partial charge in [-0.25, -0.2) is 0 Å². The van der Waals surface area contributed by atoms with Gasteiger partial charge in [-0.1, -0.05) is 24.3 Å². The molecule has 1 unspecified atom stereocenters. The van der Waals surface area contributed by atoms with Crippen molar-refractivity contribution in [3.63, 3.8) is 0 Å². The molecule has 1 heterocycles. The second-order valence-electron chi connectivity index (χ2n) is 5.56. The number of nitrogens with zero attached hydrogens (tertiary/aromatic N) is 1. The SMILES string of the molecule is COc1ccc2c(CN3CCC(C(=O)O)C3)cccc2c1. The number of rotatable bonds is 4. The van der Waals surface area contributed by atoms with Crippen molar-refractivity contribution in [1.29, 1.82) is 0 Å². The number of hydrogen-bond acceptors (Lipinski definition) is 3. The van der Waals surface area contributed by atoms with Crippen LogP contribution in [0.1, 0.15) is 12.0 Å². The van der Waals surface area contributed by atoms with Crippen molar-refractivity contribution in [1.82, 2.24) is 4.90 Å². The lowest BCUT2D eigenvalue weighted by Gasteiger charge is -2.17. The number of benzene rings is 2. The molecule has 2 aromatic rings. The van der Waals surface area contributed by atoms with Crippen LogP contribution >= 0.6 is 0 Å². The first-order valence-electron chi connectivity index (χ1n) is 7.18. The fraction of sp³-hybridized carbons (Fsp3) is 0.353. The largest absolute Gasteiger partial charge is 0.497 e. The first kappa shape index (κ1) is 13.9. The summed E-state index contributed by atoms with van der Waals surface area (Å²) in [6.45, 7) is 2.29. The molecular formula is C17H19NO3. The van der Waals surface area contributed by atoms with Gasteiger partial charge in [0.2, 0.25) is 0 Å². The van der Waals surface area contributed by atoms with E-state index in [2.05, 4.69) is 23.1 Å². The average molecular weight is 285 g/mol. The number of hydrogen-bond donors (Lipinski definition) is 1. The maximum Gasteiger partial charge on any atom is 0.307 e. The third-order valence-electron chi connectivity index (χ3n) is 4.19. The third kappa shape index (κ3) is 2.85. The summed E-state index contributed by atoms with van der Waals surface area (Å²) in [4.78, 5) is 13.3. The number of carbonyl (C=O) groups is 1. The van der Waals surface area contributed by atoms with Crippen molar-refractivity contribution < 1.29 is 14.6 Å². The van der Waals surface area contributed by atoms with Crippen molar-refractivity contribution >= 4 is 16.7 Å². The molecule has 1 N–H and O–H groups in total. The number of carboxylic acids is 1. The van der Waals surface area contributed by atoms with Gasteiger partial charge in [-0.2, -0.15) is 0 Å². The molecule has 1 aliphatic rings. The summed E-state index contributed by atoms with van der Waals surface area (Å²) in [5.41, 5.74) is 1.24. The summed E-state index contributed by atoms with van der Waals surface area (Å²) >= 11 is 0. The lowest BCUT2D eigenvalue weighted by atomic mass is 10.0. The van der Waals surface area contributed by atoms with E-state index in [9.17, 15) is 4.79 Å². The molecule has 4 nitrogen and oxygen atoms in total. The van der Waals surface area contributed by atoms with Crippen LogP contribution in [0.2, 0.25) is 0 Å². The lowest BCUT2D eigenvalue weighted by Crippen LogP contribution is -2.22. The van der Waals surface area contributed by atoms with E-state index in [0.29, 0.717) is 6.54 Å². The number of ether oxygens (including phenoxy) is 1. The summed E-state index contributed by atoms with van der Waals surface area (Å²) in [6.07, 6.45) is 0.744. The van der Waals surface area contributed by atoms with E-state index in [4.69, 9.17) is 9.84 Å². The Kier molecular flexibility index (Phi) is 3.80. The van der Waals surface area contributed by atoms with Crippen LogP contribution in [0, 0.1) is 5.92 Å². The standard InChI is InChI=1S/C17H19NO3/c1-21-15-5-6-16-12(9-15)3-2-4-13(16)10-18-8-7-14(11-18)17(19)20/h2-6,9,14H,7-8,10-11H2,1H3,(H,19,20). The Morgan fingerprint density at radius 3 is 2.95 bits per heavy atom. The third-order valence-corrected chi connectivity index (χ3v) is 4.19. The predicted molar refractivity (Wildman–Crippen MR) is 81.5 cm³/mol. The predicted octanol–water partition coefficient (Wildman–Crippen LogP) is 2.75. The zero-order valence-electron chi connectivity index (χ0n) is 12.1. The van der Waals surface area contributed by atoms with Gasteiger partial charge in [-0.05, 0) is 41.4 Å². The summed E-state index contributed by atoms with van der Waals surface area (Å²) in [5.74, 6) is -0.0491. The minimum atomic E-state index is -0.680. The fourth-order valence-corrected chi connectivity index (χ4v) is 3.01. The molecule has 0 bridgehead atoms. The van der Waals surface area contributed by atoms with Gasteiger partial charge < -0.3 is 9.84 Å². The van der Waals surface area contributed by atoms with Crippen LogP contribution in [0.4, 0.5) is 0 Å². The van der Waals surface area contributed by atoms with Gasteiger partial charge in [0.1, 0.15) is 5.75 Å². The van der Waals surface area contributed by atoms with Crippen LogP contribution in [-0.4, -0.2) is 36.2 Å². The summed E-state index contributed by atoms with van der Waals surface area (Å²) in [5, 5.41) is 11.4. The average Bonchev–Trinajstić information content (AvgIpc) is 2.96. The van der Waals surface area contributed by atoms with Crippen LogP contribution in [0.3, 0.4) is 0 Å². The molecule has 0 aromatic heterocycles. The molecule has 110 valence electrons. The van der Waals surface area contributed by atoms with Crippen LogP contribution in [0.25, 0.3) is 10.8 Å². The molecule has 0 radical (unpaired) electrons. The van der Waals surface area contributed by atoms with E-state index in [1.165, 1.54) is 10.9 Å². The molecule has 0 spiro atoms. The highest BCUT2D eigenvalue weighted by molar-refractivity contribution is 5.87. The van der Waals surface area contributed by atoms with Gasteiger partial charge in [-0.3, -0.25) is 9.69 Å². The summed E-state index contributed by atoms with van der Waals surface area (Å²) in [6, 6.07) is 12.3. The minimum Gasteiger partial charge on any atom is -0.497 e. The number of methoxy groups -OCH3 is 1. The van der Waals surface area contributed by atoms with E-state index < -0.39 is 5.97 Å². The van der Waals surface area contributed by atoms with E-state index in [1.807, 2.05) is 18.2 Å². The van der Waals surface area contributed by atoms with E-state index in [-0.39, 0.29) is 5.92 Å². The van der Waals surface area contributed by atoms with Gasteiger partial charge in [0, 0.05) is 13.1 Å². The number of carboxylic acid groups (broad SMARTS) is 1. The highest BCUT2D eigenvalue weighted by Gasteiger charge is 2.27. The molecule has 0 saturated carbocycles. The van der Waals surface area contributed by atoms with Gasteiger partial charge in [0.25, 0.3) is 0 Å².